The van der Waals surface area contributed by atoms with Gasteiger partial charge in [-0.1, -0.05) is 13.8 Å². The molecule has 0 saturated carbocycles. The van der Waals surface area contributed by atoms with E-state index in [1.165, 1.54) is 19.2 Å². The first-order valence-corrected chi connectivity index (χ1v) is 5.77. The second-order valence-electron chi connectivity index (χ2n) is 4.46. The molecule has 0 aliphatic rings. The lowest BCUT2D eigenvalue weighted by Gasteiger charge is -2.21. The van der Waals surface area contributed by atoms with Gasteiger partial charge in [-0.05, 0) is 30.2 Å². The molecule has 6 heteroatoms. The van der Waals surface area contributed by atoms with Crippen LogP contribution in [-0.4, -0.2) is 19.1 Å². The smallest absolute Gasteiger partial charge is 0.416 e. The molecule has 0 bridgehead atoms. The number of carbonyl (C=O) groups is 1. The molecule has 106 valence electrons. The molecule has 1 N–H and O–H groups in total. The van der Waals surface area contributed by atoms with Crippen LogP contribution in [0, 0.1) is 5.92 Å². The lowest BCUT2D eigenvalue weighted by molar-refractivity contribution is -0.142. The average Bonchev–Trinajstić information content (AvgIpc) is 2.34. The Bertz CT molecular complexity index is 427. The normalized spacial score (nSPS) is 13.2. The maximum absolute atomic E-state index is 12.4. The summed E-state index contributed by atoms with van der Waals surface area (Å²) in [5, 5.41) is 2.87. The van der Waals surface area contributed by atoms with Crippen molar-refractivity contribution in [2.24, 2.45) is 5.92 Å². The standard InChI is InChI=1S/C13H16F3NO2/c1-8(2)11(12(18)19-3)17-10-6-4-9(5-7-10)13(14,15)16/h4-8,11,17H,1-3H3. The number of halogens is 3. The summed E-state index contributed by atoms with van der Waals surface area (Å²) in [6.07, 6.45) is -4.36. The summed E-state index contributed by atoms with van der Waals surface area (Å²) < 4.78 is 41.8. The highest BCUT2D eigenvalue weighted by Gasteiger charge is 2.30. The molecule has 0 fully saturated rings. The predicted octanol–water partition coefficient (Wildman–Crippen LogP) is 3.31. The molecule has 0 radical (unpaired) electrons. The van der Waals surface area contributed by atoms with E-state index >= 15 is 0 Å². The van der Waals surface area contributed by atoms with Gasteiger partial charge in [0.25, 0.3) is 0 Å². The first-order chi connectivity index (χ1) is 8.75. The SMILES string of the molecule is COC(=O)C(Nc1ccc(C(F)(F)F)cc1)C(C)C. The number of benzene rings is 1. The quantitative estimate of drug-likeness (QED) is 0.857. The van der Waals surface area contributed by atoms with Crippen molar-refractivity contribution < 1.29 is 22.7 Å². The fourth-order valence-corrected chi connectivity index (χ4v) is 1.56. The number of alkyl halides is 3. The fourth-order valence-electron chi connectivity index (χ4n) is 1.56. The van der Waals surface area contributed by atoms with Crippen LogP contribution in [0.1, 0.15) is 19.4 Å². The Hall–Kier alpha value is -1.72. The molecule has 0 aliphatic carbocycles. The summed E-state index contributed by atoms with van der Waals surface area (Å²) in [5.41, 5.74) is -0.283. The summed E-state index contributed by atoms with van der Waals surface area (Å²) >= 11 is 0. The number of hydrogen-bond acceptors (Lipinski definition) is 3. The molecule has 0 aliphatic heterocycles. The van der Waals surface area contributed by atoms with Gasteiger partial charge in [0.15, 0.2) is 0 Å². The Labute approximate surface area is 109 Å². The summed E-state index contributed by atoms with van der Waals surface area (Å²) in [5.74, 6) is -0.496. The van der Waals surface area contributed by atoms with Crippen molar-refractivity contribution in [1.82, 2.24) is 0 Å². The summed E-state index contributed by atoms with van der Waals surface area (Å²) in [6.45, 7) is 3.64. The fraction of sp³-hybridized carbons (Fsp3) is 0.462. The van der Waals surface area contributed by atoms with E-state index in [-0.39, 0.29) is 5.92 Å². The number of ether oxygens (including phenoxy) is 1. The first-order valence-electron chi connectivity index (χ1n) is 5.77. The molecule has 0 spiro atoms. The second kappa shape index (κ2) is 5.95. The monoisotopic (exact) mass is 275 g/mol. The highest BCUT2D eigenvalue weighted by Crippen LogP contribution is 2.30. The molecule has 0 heterocycles. The van der Waals surface area contributed by atoms with Crippen molar-refractivity contribution in [2.75, 3.05) is 12.4 Å². The Morgan fingerprint density at radius 1 is 1.21 bits per heavy atom. The van der Waals surface area contributed by atoms with Gasteiger partial charge < -0.3 is 10.1 Å². The van der Waals surface area contributed by atoms with Gasteiger partial charge in [-0.2, -0.15) is 13.2 Å². The zero-order valence-corrected chi connectivity index (χ0v) is 10.9. The van der Waals surface area contributed by atoms with Crippen LogP contribution in [0.25, 0.3) is 0 Å². The maximum atomic E-state index is 12.4. The van der Waals surface area contributed by atoms with E-state index in [2.05, 4.69) is 10.1 Å². The van der Waals surface area contributed by atoms with Crippen molar-refractivity contribution in [3.63, 3.8) is 0 Å². The third-order valence-electron chi connectivity index (χ3n) is 2.66. The summed E-state index contributed by atoms with van der Waals surface area (Å²) in [7, 11) is 1.27. The Morgan fingerprint density at radius 2 is 1.74 bits per heavy atom. The maximum Gasteiger partial charge on any atom is 0.416 e. The van der Waals surface area contributed by atoms with E-state index in [0.717, 1.165) is 12.1 Å². The molecule has 19 heavy (non-hydrogen) atoms. The van der Waals surface area contributed by atoms with Crippen LogP contribution in [0.4, 0.5) is 18.9 Å². The van der Waals surface area contributed by atoms with Crippen molar-refractivity contribution in [1.29, 1.82) is 0 Å². The molecule has 1 unspecified atom stereocenters. The number of rotatable bonds is 4. The Kier molecular flexibility index (Phi) is 4.80. The van der Waals surface area contributed by atoms with E-state index in [9.17, 15) is 18.0 Å². The van der Waals surface area contributed by atoms with E-state index < -0.39 is 23.8 Å². The van der Waals surface area contributed by atoms with Crippen LogP contribution < -0.4 is 5.32 Å². The van der Waals surface area contributed by atoms with Gasteiger partial charge in [0.2, 0.25) is 0 Å². The largest absolute Gasteiger partial charge is 0.467 e. The van der Waals surface area contributed by atoms with E-state index in [4.69, 9.17) is 0 Å². The van der Waals surface area contributed by atoms with Gasteiger partial charge in [0.05, 0.1) is 12.7 Å². The molecule has 0 aromatic heterocycles. The molecule has 1 atom stereocenters. The minimum Gasteiger partial charge on any atom is -0.467 e. The van der Waals surface area contributed by atoms with E-state index in [1.54, 1.807) is 0 Å². The van der Waals surface area contributed by atoms with Gasteiger partial charge in [-0.3, -0.25) is 0 Å². The summed E-state index contributed by atoms with van der Waals surface area (Å²) in [6, 6.07) is 3.93. The first kappa shape index (κ1) is 15.3. The van der Waals surface area contributed by atoms with Crippen LogP contribution in [0.5, 0.6) is 0 Å². The third-order valence-corrected chi connectivity index (χ3v) is 2.66. The van der Waals surface area contributed by atoms with Crippen LogP contribution in [0.15, 0.2) is 24.3 Å². The molecule has 1 aromatic carbocycles. The number of methoxy groups -OCH3 is 1. The highest BCUT2D eigenvalue weighted by atomic mass is 19.4. The molecule has 0 saturated heterocycles. The van der Waals surface area contributed by atoms with Crippen molar-refractivity contribution in [3.8, 4) is 0 Å². The van der Waals surface area contributed by atoms with Gasteiger partial charge in [-0.25, -0.2) is 4.79 Å². The van der Waals surface area contributed by atoms with Gasteiger partial charge in [0.1, 0.15) is 6.04 Å². The molecule has 1 rings (SSSR count). The molecular weight excluding hydrogens is 259 g/mol. The number of nitrogens with one attached hydrogen (secondary N) is 1. The lowest BCUT2D eigenvalue weighted by atomic mass is 10.0. The second-order valence-corrected chi connectivity index (χ2v) is 4.46. The summed E-state index contributed by atoms with van der Waals surface area (Å²) in [4.78, 5) is 11.5. The van der Waals surface area contributed by atoms with E-state index in [1.807, 2.05) is 13.8 Å². The minimum atomic E-state index is -4.36. The minimum absolute atomic E-state index is 0.0465. The van der Waals surface area contributed by atoms with Crippen LogP contribution in [0.3, 0.4) is 0 Å². The number of hydrogen-bond donors (Lipinski definition) is 1. The predicted molar refractivity (Wildman–Crippen MR) is 65.7 cm³/mol. The lowest BCUT2D eigenvalue weighted by Crippen LogP contribution is -2.35. The van der Waals surface area contributed by atoms with Crippen molar-refractivity contribution in [2.45, 2.75) is 26.1 Å². The zero-order chi connectivity index (χ0) is 14.6. The molecular formula is C13H16F3NO2. The number of anilines is 1. The molecule has 3 nitrogen and oxygen atoms in total. The average molecular weight is 275 g/mol. The Morgan fingerprint density at radius 3 is 2.11 bits per heavy atom. The molecule has 1 aromatic rings. The Balaban J connectivity index is 2.84. The zero-order valence-electron chi connectivity index (χ0n) is 10.9. The third kappa shape index (κ3) is 4.15. The van der Waals surface area contributed by atoms with Gasteiger partial charge in [-0.15, -0.1) is 0 Å². The topological polar surface area (TPSA) is 38.3 Å². The van der Waals surface area contributed by atoms with Gasteiger partial charge in [0, 0.05) is 5.69 Å². The number of carbonyl (C=O) groups excluding carboxylic acids is 1. The number of esters is 1. The van der Waals surface area contributed by atoms with Crippen LogP contribution >= 0.6 is 0 Å². The van der Waals surface area contributed by atoms with Gasteiger partial charge >= 0.3 is 12.1 Å². The molecule has 0 amide bonds. The van der Waals surface area contributed by atoms with Crippen molar-refractivity contribution >= 4 is 11.7 Å². The van der Waals surface area contributed by atoms with Crippen molar-refractivity contribution in [3.05, 3.63) is 29.8 Å². The highest BCUT2D eigenvalue weighted by molar-refractivity contribution is 5.79. The van der Waals surface area contributed by atoms with Crippen LogP contribution in [-0.2, 0) is 15.7 Å². The van der Waals surface area contributed by atoms with Crippen LogP contribution in [0.2, 0.25) is 0 Å². The van der Waals surface area contributed by atoms with E-state index in [0.29, 0.717) is 5.69 Å².